The number of pyridine rings is 1. The number of aromatic nitrogens is 1. The summed E-state index contributed by atoms with van der Waals surface area (Å²) in [5.41, 5.74) is 0.965. The van der Waals surface area contributed by atoms with Gasteiger partial charge in [0.1, 0.15) is 0 Å². The van der Waals surface area contributed by atoms with E-state index in [2.05, 4.69) is 5.32 Å². The second kappa shape index (κ2) is 8.82. The van der Waals surface area contributed by atoms with Crippen molar-refractivity contribution in [1.29, 1.82) is 0 Å². The van der Waals surface area contributed by atoms with Crippen LogP contribution in [0, 0.1) is 0 Å². The molecule has 0 aliphatic heterocycles. The predicted octanol–water partition coefficient (Wildman–Crippen LogP) is 4.49. The van der Waals surface area contributed by atoms with Crippen LogP contribution >= 0.6 is 34.5 Å². The Morgan fingerprint density at radius 3 is 2.68 bits per heavy atom. The third-order valence-electron chi connectivity index (χ3n) is 4.33. The molecule has 0 saturated heterocycles. The zero-order chi connectivity index (χ0) is 20.3. The number of rotatable bonds is 6. The molecule has 0 bridgehead atoms. The number of nitrogens with zero attached hydrogens (tertiary/aromatic N) is 1. The first-order chi connectivity index (χ1) is 13.4. The van der Waals surface area contributed by atoms with Gasteiger partial charge < -0.3 is 15.0 Å². The van der Waals surface area contributed by atoms with Gasteiger partial charge in [-0.1, -0.05) is 35.3 Å². The number of thiophene rings is 1. The van der Waals surface area contributed by atoms with Crippen LogP contribution in [0.25, 0.3) is 10.6 Å². The fourth-order valence-corrected chi connectivity index (χ4v) is 3.90. The maximum absolute atomic E-state index is 12.5. The van der Waals surface area contributed by atoms with Gasteiger partial charge in [-0.3, -0.25) is 9.59 Å². The highest BCUT2D eigenvalue weighted by atomic mass is 35.5. The molecule has 2 aromatic heterocycles. The van der Waals surface area contributed by atoms with Crippen molar-refractivity contribution in [3.63, 3.8) is 0 Å². The van der Waals surface area contributed by atoms with Crippen LogP contribution in [-0.4, -0.2) is 22.1 Å². The Labute approximate surface area is 176 Å². The average Bonchev–Trinajstić information content (AvgIpc) is 3.20. The number of aryl methyl sites for hydroxylation is 1. The zero-order valence-corrected chi connectivity index (χ0v) is 17.4. The third-order valence-corrected chi connectivity index (χ3v) is 5.97. The number of halogens is 2. The minimum atomic E-state index is -0.605. The molecule has 1 amide bonds. The predicted molar refractivity (Wildman–Crippen MR) is 114 cm³/mol. The Hall–Kier alpha value is -2.28. The Kier molecular flexibility index (Phi) is 6.44. The van der Waals surface area contributed by atoms with Gasteiger partial charge in [-0.05, 0) is 48.1 Å². The van der Waals surface area contributed by atoms with Crippen molar-refractivity contribution in [2.24, 2.45) is 7.05 Å². The molecule has 8 heteroatoms. The van der Waals surface area contributed by atoms with Gasteiger partial charge in [0.05, 0.1) is 26.2 Å². The van der Waals surface area contributed by atoms with Crippen LogP contribution in [0.5, 0.6) is 5.75 Å². The van der Waals surface area contributed by atoms with Crippen LogP contribution in [0.1, 0.15) is 22.3 Å². The maximum Gasteiger partial charge on any atom is 0.293 e. The summed E-state index contributed by atoms with van der Waals surface area (Å²) < 4.78 is 1.34. The van der Waals surface area contributed by atoms with E-state index in [0.29, 0.717) is 35.1 Å². The Balaban J connectivity index is 1.68. The Morgan fingerprint density at radius 2 is 2.00 bits per heavy atom. The van der Waals surface area contributed by atoms with Gasteiger partial charge in [-0.25, -0.2) is 0 Å². The number of aromatic hydroxyl groups is 1. The molecule has 0 saturated carbocycles. The molecule has 0 radical (unpaired) electrons. The molecule has 2 N–H and O–H groups in total. The molecule has 28 heavy (non-hydrogen) atoms. The quantitative estimate of drug-likeness (QED) is 0.559. The van der Waals surface area contributed by atoms with Crippen molar-refractivity contribution in [1.82, 2.24) is 9.88 Å². The van der Waals surface area contributed by atoms with Crippen molar-refractivity contribution < 1.29 is 9.90 Å². The fraction of sp³-hybridized carbons (Fsp3) is 0.200. The van der Waals surface area contributed by atoms with Gasteiger partial charge in [0.25, 0.3) is 11.5 Å². The fourth-order valence-electron chi connectivity index (χ4n) is 2.80. The summed E-state index contributed by atoms with van der Waals surface area (Å²) in [5, 5.41) is 15.8. The lowest BCUT2D eigenvalue weighted by molar-refractivity contribution is 0.0950. The van der Waals surface area contributed by atoms with Gasteiger partial charge in [-0.15, -0.1) is 11.3 Å². The molecule has 0 aliphatic rings. The average molecular weight is 437 g/mol. The minimum absolute atomic E-state index is 0.0268. The second-order valence-corrected chi connectivity index (χ2v) is 8.00. The number of nitrogens with one attached hydrogen (secondary N) is 1. The monoisotopic (exact) mass is 436 g/mol. The summed E-state index contributed by atoms with van der Waals surface area (Å²) in [4.78, 5) is 25.6. The molecule has 0 aliphatic carbocycles. The van der Waals surface area contributed by atoms with Gasteiger partial charge >= 0.3 is 0 Å². The van der Waals surface area contributed by atoms with Crippen LogP contribution in [0.15, 0.2) is 46.6 Å². The number of benzene rings is 1. The lowest BCUT2D eigenvalue weighted by Crippen LogP contribution is -2.28. The van der Waals surface area contributed by atoms with E-state index in [4.69, 9.17) is 23.2 Å². The van der Waals surface area contributed by atoms with Crippen molar-refractivity contribution in [2.75, 3.05) is 6.54 Å². The van der Waals surface area contributed by atoms with Crippen LogP contribution in [0.2, 0.25) is 10.0 Å². The normalized spacial score (nSPS) is 10.8. The third kappa shape index (κ3) is 4.41. The summed E-state index contributed by atoms with van der Waals surface area (Å²) in [7, 11) is 1.57. The van der Waals surface area contributed by atoms with E-state index in [9.17, 15) is 14.7 Å². The van der Waals surface area contributed by atoms with Crippen LogP contribution < -0.4 is 10.9 Å². The van der Waals surface area contributed by atoms with Crippen LogP contribution in [0.4, 0.5) is 0 Å². The van der Waals surface area contributed by atoms with E-state index in [-0.39, 0.29) is 5.56 Å². The topological polar surface area (TPSA) is 71.3 Å². The number of amides is 1. The molecule has 2 heterocycles. The molecule has 3 rings (SSSR count). The molecule has 5 nitrogen and oxygen atoms in total. The van der Waals surface area contributed by atoms with E-state index >= 15 is 0 Å². The summed E-state index contributed by atoms with van der Waals surface area (Å²) >= 11 is 13.4. The molecule has 1 aromatic carbocycles. The SMILES string of the molecule is Cn1c(-c2cccs2)cc(C(=O)NCCCc2ccc(Cl)c(Cl)c2)c(O)c1=O. The van der Waals surface area contributed by atoms with Gasteiger partial charge in [-0.2, -0.15) is 0 Å². The molecule has 0 spiro atoms. The molecule has 3 aromatic rings. The Morgan fingerprint density at radius 1 is 1.21 bits per heavy atom. The van der Waals surface area contributed by atoms with Crippen molar-refractivity contribution >= 4 is 40.4 Å². The first kappa shape index (κ1) is 20.5. The van der Waals surface area contributed by atoms with Crippen molar-refractivity contribution in [3.05, 3.63) is 73.3 Å². The summed E-state index contributed by atoms with van der Waals surface area (Å²) in [6, 6.07) is 10.7. The lowest BCUT2D eigenvalue weighted by atomic mass is 10.1. The smallest absolute Gasteiger partial charge is 0.293 e. The number of carbonyl (C=O) groups is 1. The van der Waals surface area contributed by atoms with E-state index in [1.165, 1.54) is 22.0 Å². The van der Waals surface area contributed by atoms with E-state index < -0.39 is 17.2 Å². The summed E-state index contributed by atoms with van der Waals surface area (Å²) in [5.74, 6) is -1.04. The highest BCUT2D eigenvalue weighted by Gasteiger charge is 2.18. The first-order valence-corrected chi connectivity index (χ1v) is 10.2. The maximum atomic E-state index is 12.5. The molecule has 146 valence electrons. The minimum Gasteiger partial charge on any atom is -0.502 e. The largest absolute Gasteiger partial charge is 0.502 e. The molecule has 0 unspecified atom stereocenters. The van der Waals surface area contributed by atoms with Crippen molar-refractivity contribution in [2.45, 2.75) is 12.8 Å². The first-order valence-electron chi connectivity index (χ1n) is 8.57. The highest BCUT2D eigenvalue weighted by molar-refractivity contribution is 7.13. The molecular formula is C20H18Cl2N2O3S. The lowest BCUT2D eigenvalue weighted by Gasteiger charge is -2.12. The molecule has 0 fully saturated rings. The van der Waals surface area contributed by atoms with E-state index in [0.717, 1.165) is 10.4 Å². The molecule has 0 atom stereocenters. The highest BCUT2D eigenvalue weighted by Crippen LogP contribution is 2.26. The van der Waals surface area contributed by atoms with E-state index in [1.807, 2.05) is 23.6 Å². The van der Waals surface area contributed by atoms with Gasteiger partial charge in [0, 0.05) is 13.6 Å². The van der Waals surface area contributed by atoms with E-state index in [1.54, 1.807) is 19.2 Å². The second-order valence-electron chi connectivity index (χ2n) is 6.24. The number of hydrogen-bond donors (Lipinski definition) is 2. The number of carbonyl (C=O) groups excluding carboxylic acids is 1. The standard InChI is InChI=1S/C20H18Cl2N2O3S/c1-24-16(17-5-3-9-28-17)11-13(18(25)20(24)27)19(26)23-8-2-4-12-6-7-14(21)15(22)10-12/h3,5-7,9-11,25H,2,4,8H2,1H3,(H,23,26). The van der Waals surface area contributed by atoms with Crippen LogP contribution in [-0.2, 0) is 13.5 Å². The number of hydrogen-bond acceptors (Lipinski definition) is 4. The van der Waals surface area contributed by atoms with Crippen molar-refractivity contribution in [3.8, 4) is 16.3 Å². The zero-order valence-electron chi connectivity index (χ0n) is 15.0. The Bertz CT molecular complexity index is 1060. The molecular weight excluding hydrogens is 419 g/mol. The summed E-state index contributed by atoms with van der Waals surface area (Å²) in [6.07, 6.45) is 1.38. The summed E-state index contributed by atoms with van der Waals surface area (Å²) in [6.45, 7) is 0.391. The van der Waals surface area contributed by atoms with Gasteiger partial charge in [0.2, 0.25) is 0 Å². The van der Waals surface area contributed by atoms with Crippen LogP contribution in [0.3, 0.4) is 0 Å². The van der Waals surface area contributed by atoms with Gasteiger partial charge in [0.15, 0.2) is 5.75 Å².